The van der Waals surface area contributed by atoms with Crippen LogP contribution in [-0.4, -0.2) is 6.54 Å². The fourth-order valence-corrected chi connectivity index (χ4v) is 2.56. The van der Waals surface area contributed by atoms with E-state index in [-0.39, 0.29) is 6.04 Å². The largest absolute Gasteiger partial charge is 0.459 e. The summed E-state index contributed by atoms with van der Waals surface area (Å²) in [4.78, 5) is 0. The number of nitrogens with one attached hydrogen (secondary N) is 1. The zero-order chi connectivity index (χ0) is 12.8. The average molecular weight is 243 g/mol. The Kier molecular flexibility index (Phi) is 2.70. The highest BCUT2D eigenvalue weighted by molar-refractivity contribution is 5.77. The van der Waals surface area contributed by atoms with Crippen molar-refractivity contribution < 1.29 is 4.42 Å². The molecule has 1 saturated carbocycles. The van der Waals surface area contributed by atoms with Crippen LogP contribution in [0, 0.1) is 11.3 Å². The summed E-state index contributed by atoms with van der Waals surface area (Å²) in [5.41, 5.74) is 1.52. The van der Waals surface area contributed by atoms with Gasteiger partial charge in [-0.25, -0.2) is 0 Å². The van der Waals surface area contributed by atoms with Crippen LogP contribution in [0.1, 0.15) is 39.0 Å². The van der Waals surface area contributed by atoms with Gasteiger partial charge in [-0.3, -0.25) is 0 Å². The van der Waals surface area contributed by atoms with Gasteiger partial charge < -0.3 is 9.73 Å². The Morgan fingerprint density at radius 3 is 2.78 bits per heavy atom. The third kappa shape index (κ3) is 2.17. The highest BCUT2D eigenvalue weighted by atomic mass is 16.3. The Labute approximate surface area is 108 Å². The maximum atomic E-state index is 5.87. The molecular formula is C16H21NO. The monoisotopic (exact) mass is 243 g/mol. The van der Waals surface area contributed by atoms with Crippen molar-refractivity contribution >= 4 is 11.0 Å². The number of hydrogen-bond acceptors (Lipinski definition) is 2. The molecule has 96 valence electrons. The van der Waals surface area contributed by atoms with Crippen molar-refractivity contribution in [3.8, 4) is 0 Å². The standard InChI is InChI=1S/C16H21NO/c1-11(17-10-13-9-16(13,2)3)15-8-12-6-4-5-7-14(12)18-15/h4-8,11,13,17H,9-10H2,1-3H3. The van der Waals surface area contributed by atoms with Crippen molar-refractivity contribution in [1.82, 2.24) is 5.32 Å². The first kappa shape index (κ1) is 11.8. The van der Waals surface area contributed by atoms with Gasteiger partial charge in [-0.1, -0.05) is 32.0 Å². The molecule has 0 spiro atoms. The third-order valence-electron chi connectivity index (χ3n) is 4.26. The Morgan fingerprint density at radius 2 is 2.11 bits per heavy atom. The minimum absolute atomic E-state index is 0.286. The Morgan fingerprint density at radius 1 is 1.39 bits per heavy atom. The highest BCUT2D eigenvalue weighted by Gasteiger charge is 2.45. The van der Waals surface area contributed by atoms with Gasteiger partial charge in [0.05, 0.1) is 6.04 Å². The van der Waals surface area contributed by atoms with Gasteiger partial charge >= 0.3 is 0 Å². The fraction of sp³-hybridized carbons (Fsp3) is 0.500. The number of fused-ring (bicyclic) bond motifs is 1. The van der Waals surface area contributed by atoms with Crippen molar-refractivity contribution in [3.63, 3.8) is 0 Å². The molecule has 2 nitrogen and oxygen atoms in total. The first-order valence-electron chi connectivity index (χ1n) is 6.78. The zero-order valence-electron chi connectivity index (χ0n) is 11.4. The second-order valence-corrected chi connectivity index (χ2v) is 6.21. The first-order valence-corrected chi connectivity index (χ1v) is 6.78. The molecule has 1 aromatic carbocycles. The Hall–Kier alpha value is -1.28. The molecule has 1 aliphatic rings. The summed E-state index contributed by atoms with van der Waals surface area (Å²) in [7, 11) is 0. The average Bonchev–Trinajstić information content (AvgIpc) is 2.77. The second kappa shape index (κ2) is 4.13. The van der Waals surface area contributed by atoms with E-state index in [0.29, 0.717) is 5.41 Å². The van der Waals surface area contributed by atoms with E-state index in [1.165, 1.54) is 11.8 Å². The number of furan rings is 1. The molecule has 2 heteroatoms. The number of rotatable bonds is 4. The molecule has 18 heavy (non-hydrogen) atoms. The summed E-state index contributed by atoms with van der Waals surface area (Å²) in [6, 6.07) is 10.6. The fourth-order valence-electron chi connectivity index (χ4n) is 2.56. The van der Waals surface area contributed by atoms with E-state index in [9.17, 15) is 0 Å². The maximum Gasteiger partial charge on any atom is 0.134 e. The third-order valence-corrected chi connectivity index (χ3v) is 4.26. The molecule has 2 aromatic rings. The molecule has 0 saturated heterocycles. The van der Waals surface area contributed by atoms with E-state index in [4.69, 9.17) is 4.42 Å². The van der Waals surface area contributed by atoms with Gasteiger partial charge in [0.2, 0.25) is 0 Å². The predicted molar refractivity (Wildman–Crippen MR) is 74.5 cm³/mol. The zero-order valence-corrected chi connectivity index (χ0v) is 11.4. The van der Waals surface area contributed by atoms with Gasteiger partial charge in [0, 0.05) is 5.39 Å². The molecule has 2 unspecified atom stereocenters. The first-order chi connectivity index (χ1) is 8.56. The maximum absolute atomic E-state index is 5.87. The lowest BCUT2D eigenvalue weighted by molar-refractivity contribution is 0.427. The molecule has 1 heterocycles. The smallest absolute Gasteiger partial charge is 0.134 e. The van der Waals surface area contributed by atoms with E-state index < -0.39 is 0 Å². The van der Waals surface area contributed by atoms with E-state index in [1.807, 2.05) is 18.2 Å². The molecule has 1 fully saturated rings. The van der Waals surface area contributed by atoms with E-state index in [0.717, 1.165) is 23.8 Å². The van der Waals surface area contributed by atoms with Gasteiger partial charge in [0.15, 0.2) is 0 Å². The van der Waals surface area contributed by atoms with Gasteiger partial charge in [0.1, 0.15) is 11.3 Å². The lowest BCUT2D eigenvalue weighted by atomic mass is 10.1. The van der Waals surface area contributed by atoms with Crippen LogP contribution >= 0.6 is 0 Å². The summed E-state index contributed by atoms with van der Waals surface area (Å²) < 4.78 is 5.87. The number of benzene rings is 1. The number of para-hydroxylation sites is 1. The molecule has 2 atom stereocenters. The van der Waals surface area contributed by atoms with Crippen molar-refractivity contribution in [1.29, 1.82) is 0 Å². The van der Waals surface area contributed by atoms with Gasteiger partial charge in [-0.2, -0.15) is 0 Å². The SMILES string of the molecule is CC(NCC1CC1(C)C)c1cc2ccccc2o1. The van der Waals surface area contributed by atoms with Crippen LogP contribution in [0.15, 0.2) is 34.7 Å². The minimum Gasteiger partial charge on any atom is -0.459 e. The summed E-state index contributed by atoms with van der Waals surface area (Å²) in [5, 5.41) is 4.77. The predicted octanol–water partition coefficient (Wildman–Crippen LogP) is 4.13. The lowest BCUT2D eigenvalue weighted by Crippen LogP contribution is -2.22. The van der Waals surface area contributed by atoms with Crippen LogP contribution in [0.5, 0.6) is 0 Å². The minimum atomic E-state index is 0.286. The normalized spacial score (nSPS) is 23.2. The van der Waals surface area contributed by atoms with Crippen molar-refractivity contribution in [3.05, 3.63) is 36.1 Å². The van der Waals surface area contributed by atoms with E-state index >= 15 is 0 Å². The molecule has 0 radical (unpaired) electrons. The van der Waals surface area contributed by atoms with E-state index in [2.05, 4.69) is 38.2 Å². The number of hydrogen-bond donors (Lipinski definition) is 1. The van der Waals surface area contributed by atoms with Crippen molar-refractivity contribution in [2.75, 3.05) is 6.54 Å². The topological polar surface area (TPSA) is 25.2 Å². The van der Waals surface area contributed by atoms with Crippen LogP contribution in [0.2, 0.25) is 0 Å². The molecule has 0 bridgehead atoms. The molecular weight excluding hydrogens is 222 g/mol. The molecule has 1 aromatic heterocycles. The summed E-state index contributed by atoms with van der Waals surface area (Å²) in [6.45, 7) is 7.94. The van der Waals surface area contributed by atoms with Gasteiger partial charge in [-0.05, 0) is 43.4 Å². The molecule has 0 amide bonds. The Bertz CT molecular complexity index is 522. The van der Waals surface area contributed by atoms with Crippen LogP contribution in [-0.2, 0) is 0 Å². The van der Waals surface area contributed by atoms with E-state index in [1.54, 1.807) is 0 Å². The lowest BCUT2D eigenvalue weighted by Gasteiger charge is -2.11. The van der Waals surface area contributed by atoms with Gasteiger partial charge in [0.25, 0.3) is 0 Å². The molecule has 1 aliphatic carbocycles. The van der Waals surface area contributed by atoms with Crippen molar-refractivity contribution in [2.45, 2.75) is 33.2 Å². The quantitative estimate of drug-likeness (QED) is 0.873. The highest BCUT2D eigenvalue weighted by Crippen LogP contribution is 2.51. The van der Waals surface area contributed by atoms with Crippen LogP contribution in [0.25, 0.3) is 11.0 Å². The van der Waals surface area contributed by atoms with Crippen LogP contribution in [0.4, 0.5) is 0 Å². The molecule has 1 N–H and O–H groups in total. The van der Waals surface area contributed by atoms with Crippen molar-refractivity contribution in [2.24, 2.45) is 11.3 Å². The molecule has 3 rings (SSSR count). The van der Waals surface area contributed by atoms with Gasteiger partial charge in [-0.15, -0.1) is 0 Å². The van der Waals surface area contributed by atoms with Crippen LogP contribution < -0.4 is 5.32 Å². The summed E-state index contributed by atoms with van der Waals surface area (Å²) in [5.74, 6) is 1.86. The second-order valence-electron chi connectivity index (χ2n) is 6.21. The summed E-state index contributed by atoms with van der Waals surface area (Å²) in [6.07, 6.45) is 1.34. The molecule has 0 aliphatic heterocycles. The summed E-state index contributed by atoms with van der Waals surface area (Å²) >= 11 is 0. The van der Waals surface area contributed by atoms with Crippen LogP contribution in [0.3, 0.4) is 0 Å². The Balaban J connectivity index is 1.66.